The summed E-state index contributed by atoms with van der Waals surface area (Å²) in [6.45, 7) is 5.73. The standard InChI is InChI=1S/C13H24BNO/c1-12(14)6-3-4-11-10(12)5-7-15(2)13(11)8-16-9-13/h10-11H,3-9,14H2,1-2H3. The van der Waals surface area contributed by atoms with Crippen molar-refractivity contribution in [3.63, 3.8) is 0 Å². The highest BCUT2D eigenvalue weighted by atomic mass is 16.5. The third-order valence-corrected chi connectivity index (χ3v) is 5.76. The van der Waals surface area contributed by atoms with Crippen LogP contribution in [0.2, 0.25) is 5.31 Å². The molecule has 0 bridgehead atoms. The van der Waals surface area contributed by atoms with E-state index in [9.17, 15) is 0 Å². The zero-order valence-electron chi connectivity index (χ0n) is 11.0. The van der Waals surface area contributed by atoms with Crippen LogP contribution in [0.5, 0.6) is 0 Å². The molecule has 1 aliphatic carbocycles. The fourth-order valence-electron chi connectivity index (χ4n) is 4.53. The van der Waals surface area contributed by atoms with E-state index in [1.165, 1.54) is 32.2 Å². The molecule has 2 nitrogen and oxygen atoms in total. The van der Waals surface area contributed by atoms with Gasteiger partial charge in [-0.1, -0.05) is 25.1 Å². The van der Waals surface area contributed by atoms with Crippen molar-refractivity contribution < 1.29 is 4.74 Å². The van der Waals surface area contributed by atoms with Gasteiger partial charge in [-0.15, -0.1) is 0 Å². The van der Waals surface area contributed by atoms with E-state index >= 15 is 0 Å². The molecule has 3 fully saturated rings. The summed E-state index contributed by atoms with van der Waals surface area (Å²) in [4.78, 5) is 2.60. The van der Waals surface area contributed by atoms with Crippen LogP contribution in [0.3, 0.4) is 0 Å². The Hall–Kier alpha value is -0.0151. The largest absolute Gasteiger partial charge is 0.377 e. The lowest BCUT2D eigenvalue weighted by Gasteiger charge is -2.62. The highest BCUT2D eigenvalue weighted by Crippen LogP contribution is 2.56. The van der Waals surface area contributed by atoms with Crippen LogP contribution in [0.4, 0.5) is 0 Å². The SMILES string of the molecule is BC1(C)CCCC2C1CCN(C)C21COC1. The molecule has 0 radical (unpaired) electrons. The Bertz CT molecular complexity index is 288. The van der Waals surface area contributed by atoms with Gasteiger partial charge in [-0.05, 0) is 38.3 Å². The second-order valence-corrected chi connectivity index (χ2v) is 6.90. The number of likely N-dealkylation sites (tertiary alicyclic amines) is 1. The number of hydrogen-bond acceptors (Lipinski definition) is 2. The molecule has 0 aromatic carbocycles. The second kappa shape index (κ2) is 3.49. The molecule has 0 aromatic rings. The summed E-state index contributed by atoms with van der Waals surface area (Å²) < 4.78 is 5.56. The lowest BCUT2D eigenvalue weighted by atomic mass is 9.47. The van der Waals surface area contributed by atoms with Crippen molar-refractivity contribution in [2.75, 3.05) is 26.8 Å². The van der Waals surface area contributed by atoms with Crippen LogP contribution in [0.1, 0.15) is 32.6 Å². The highest BCUT2D eigenvalue weighted by molar-refractivity contribution is 6.15. The van der Waals surface area contributed by atoms with Crippen LogP contribution in [-0.4, -0.2) is 45.1 Å². The topological polar surface area (TPSA) is 12.5 Å². The number of ether oxygens (including phenoxy) is 1. The maximum absolute atomic E-state index is 5.56. The third-order valence-electron chi connectivity index (χ3n) is 5.76. The smallest absolute Gasteiger partial charge is 0.109 e. The normalized spacial score (nSPS) is 47.4. The average molecular weight is 221 g/mol. The molecule has 3 atom stereocenters. The molecule has 2 saturated heterocycles. The van der Waals surface area contributed by atoms with Gasteiger partial charge >= 0.3 is 0 Å². The molecule has 2 heterocycles. The van der Waals surface area contributed by atoms with Gasteiger partial charge in [0.15, 0.2) is 0 Å². The zero-order chi connectivity index (χ0) is 11.4. The van der Waals surface area contributed by atoms with Crippen LogP contribution in [0.15, 0.2) is 0 Å². The van der Waals surface area contributed by atoms with Crippen molar-refractivity contribution in [1.82, 2.24) is 4.90 Å². The molecular weight excluding hydrogens is 197 g/mol. The van der Waals surface area contributed by atoms with Gasteiger partial charge in [-0.2, -0.15) is 0 Å². The fraction of sp³-hybridized carbons (Fsp3) is 1.00. The Morgan fingerprint density at radius 2 is 2.00 bits per heavy atom. The third kappa shape index (κ3) is 1.34. The van der Waals surface area contributed by atoms with Crippen LogP contribution >= 0.6 is 0 Å². The van der Waals surface area contributed by atoms with E-state index in [1.807, 2.05) is 0 Å². The van der Waals surface area contributed by atoms with Crippen molar-refractivity contribution in [3.05, 3.63) is 0 Å². The molecule has 0 amide bonds. The number of hydrogen-bond donors (Lipinski definition) is 0. The molecular formula is C13H24BNO. The molecule has 3 aliphatic rings. The fourth-order valence-corrected chi connectivity index (χ4v) is 4.53. The Kier molecular flexibility index (Phi) is 2.42. The number of likely N-dealkylation sites (N-methyl/N-ethyl adjacent to an activating group) is 1. The molecule has 0 aromatic heterocycles. The van der Waals surface area contributed by atoms with Gasteiger partial charge in [0, 0.05) is 0 Å². The van der Waals surface area contributed by atoms with E-state index in [4.69, 9.17) is 4.74 Å². The first-order valence-corrected chi connectivity index (χ1v) is 6.85. The molecule has 90 valence electrons. The van der Waals surface area contributed by atoms with Crippen molar-refractivity contribution in [2.45, 2.75) is 43.5 Å². The molecule has 2 aliphatic heterocycles. The predicted molar refractivity (Wildman–Crippen MR) is 68.5 cm³/mol. The summed E-state index contributed by atoms with van der Waals surface area (Å²) in [5, 5.41) is 0.562. The number of rotatable bonds is 0. The zero-order valence-corrected chi connectivity index (χ0v) is 11.0. The second-order valence-electron chi connectivity index (χ2n) is 6.90. The van der Waals surface area contributed by atoms with Gasteiger partial charge in [0.25, 0.3) is 0 Å². The maximum Gasteiger partial charge on any atom is 0.109 e. The highest BCUT2D eigenvalue weighted by Gasteiger charge is 2.57. The minimum absolute atomic E-state index is 0.417. The van der Waals surface area contributed by atoms with Gasteiger partial charge in [0.05, 0.1) is 18.8 Å². The van der Waals surface area contributed by atoms with E-state index < -0.39 is 0 Å². The van der Waals surface area contributed by atoms with Gasteiger partial charge in [-0.25, -0.2) is 0 Å². The van der Waals surface area contributed by atoms with E-state index in [-0.39, 0.29) is 0 Å². The summed E-state index contributed by atoms with van der Waals surface area (Å²) in [7, 11) is 4.79. The summed E-state index contributed by atoms with van der Waals surface area (Å²) in [5.74, 6) is 1.82. The first-order chi connectivity index (χ1) is 7.56. The molecule has 1 saturated carbocycles. The Labute approximate surface area is 100 Å². The average Bonchev–Trinajstić information content (AvgIpc) is 2.14. The van der Waals surface area contributed by atoms with Crippen molar-refractivity contribution in [1.29, 1.82) is 0 Å². The monoisotopic (exact) mass is 221 g/mol. The van der Waals surface area contributed by atoms with Crippen LogP contribution < -0.4 is 0 Å². The molecule has 0 N–H and O–H groups in total. The quantitative estimate of drug-likeness (QED) is 0.572. The number of fused-ring (bicyclic) bond motifs is 2. The first kappa shape index (κ1) is 11.1. The maximum atomic E-state index is 5.56. The number of piperidine rings is 1. The lowest BCUT2D eigenvalue weighted by molar-refractivity contribution is -0.200. The molecule has 16 heavy (non-hydrogen) atoms. The summed E-state index contributed by atoms with van der Waals surface area (Å²) in [5.41, 5.74) is 0.417. The molecule has 1 spiro atoms. The minimum atomic E-state index is 0.417. The number of nitrogens with zero attached hydrogens (tertiary/aromatic N) is 1. The summed E-state index contributed by atoms with van der Waals surface area (Å²) in [6.07, 6.45) is 5.68. The van der Waals surface area contributed by atoms with Gasteiger partial charge < -0.3 is 4.74 Å². The Morgan fingerprint density at radius 3 is 2.62 bits per heavy atom. The van der Waals surface area contributed by atoms with Crippen LogP contribution in [-0.2, 0) is 4.74 Å². The molecule has 3 rings (SSSR count). The van der Waals surface area contributed by atoms with Crippen molar-refractivity contribution >= 4 is 7.85 Å². The van der Waals surface area contributed by atoms with E-state index in [2.05, 4.69) is 26.7 Å². The van der Waals surface area contributed by atoms with E-state index in [0.717, 1.165) is 25.0 Å². The van der Waals surface area contributed by atoms with Crippen molar-refractivity contribution in [2.24, 2.45) is 11.8 Å². The van der Waals surface area contributed by atoms with Gasteiger partial charge in [0.1, 0.15) is 7.85 Å². The molecule has 3 heteroatoms. The Balaban J connectivity index is 1.90. The van der Waals surface area contributed by atoms with Gasteiger partial charge in [0.2, 0.25) is 0 Å². The molecule has 3 unspecified atom stereocenters. The van der Waals surface area contributed by atoms with E-state index in [1.54, 1.807) is 0 Å². The van der Waals surface area contributed by atoms with Crippen LogP contribution in [0, 0.1) is 11.8 Å². The predicted octanol–water partition coefficient (Wildman–Crippen LogP) is 1.32. The van der Waals surface area contributed by atoms with Crippen molar-refractivity contribution in [3.8, 4) is 0 Å². The first-order valence-electron chi connectivity index (χ1n) is 6.85. The van der Waals surface area contributed by atoms with E-state index in [0.29, 0.717) is 10.9 Å². The lowest BCUT2D eigenvalue weighted by Crippen LogP contribution is -2.70. The Morgan fingerprint density at radius 1 is 1.25 bits per heavy atom. The van der Waals surface area contributed by atoms with Crippen LogP contribution in [0.25, 0.3) is 0 Å². The van der Waals surface area contributed by atoms with Gasteiger partial charge in [-0.3, -0.25) is 4.90 Å². The summed E-state index contributed by atoms with van der Waals surface area (Å²) >= 11 is 0. The summed E-state index contributed by atoms with van der Waals surface area (Å²) in [6, 6.07) is 0. The minimum Gasteiger partial charge on any atom is -0.377 e.